The molecule has 1 aromatic rings. The molecule has 11 heavy (non-hydrogen) atoms. The van der Waals surface area contributed by atoms with E-state index in [9.17, 15) is 0 Å². The third kappa shape index (κ3) is 3.05. The van der Waals surface area contributed by atoms with Crippen molar-refractivity contribution in [2.24, 2.45) is 5.73 Å². The second-order valence-corrected chi connectivity index (χ2v) is 2.72. The minimum absolute atomic E-state index is 0.204. The average molecular weight is 150 g/mol. The van der Waals surface area contributed by atoms with Gasteiger partial charge in [-0.1, -0.05) is 18.2 Å². The molecule has 0 amide bonds. The molecule has 0 aliphatic heterocycles. The summed E-state index contributed by atoms with van der Waals surface area (Å²) in [6, 6.07) is 10.3. The number of anilines is 1. The first-order valence-corrected chi connectivity index (χ1v) is 3.83. The fourth-order valence-corrected chi connectivity index (χ4v) is 0.835. The van der Waals surface area contributed by atoms with Gasteiger partial charge >= 0.3 is 0 Å². The van der Waals surface area contributed by atoms with E-state index in [0.29, 0.717) is 0 Å². The van der Waals surface area contributed by atoms with E-state index in [4.69, 9.17) is 5.73 Å². The lowest BCUT2D eigenvalue weighted by atomic mass is 10.3. The molecule has 1 aromatic carbocycles. The molecule has 0 aliphatic carbocycles. The molecule has 0 spiro atoms. The monoisotopic (exact) mass is 150 g/mol. The van der Waals surface area contributed by atoms with E-state index in [1.54, 1.807) is 0 Å². The van der Waals surface area contributed by atoms with Crippen LogP contribution >= 0.6 is 0 Å². The Kier molecular flexibility index (Phi) is 2.93. The quantitative estimate of drug-likeness (QED) is 0.684. The van der Waals surface area contributed by atoms with Gasteiger partial charge in [-0.25, -0.2) is 0 Å². The third-order valence-electron chi connectivity index (χ3n) is 1.40. The number of hydrogen-bond donors (Lipinski definition) is 2. The molecule has 0 fully saturated rings. The smallest absolute Gasteiger partial charge is 0.0340 e. The Morgan fingerprint density at radius 2 is 2.00 bits per heavy atom. The Labute approximate surface area is 67.4 Å². The number of para-hydroxylation sites is 1. The second-order valence-electron chi connectivity index (χ2n) is 2.72. The van der Waals surface area contributed by atoms with Crippen LogP contribution in [0.5, 0.6) is 0 Å². The van der Waals surface area contributed by atoms with Gasteiger partial charge in [0.2, 0.25) is 0 Å². The summed E-state index contributed by atoms with van der Waals surface area (Å²) in [6.07, 6.45) is 0. The highest BCUT2D eigenvalue weighted by Crippen LogP contribution is 2.03. The van der Waals surface area contributed by atoms with Crippen LogP contribution in [0.2, 0.25) is 0 Å². The van der Waals surface area contributed by atoms with E-state index in [-0.39, 0.29) is 6.04 Å². The molecule has 0 saturated carbocycles. The maximum atomic E-state index is 5.58. The molecule has 60 valence electrons. The molecule has 0 aromatic heterocycles. The summed E-state index contributed by atoms with van der Waals surface area (Å²) in [4.78, 5) is 0. The Hall–Kier alpha value is -1.02. The van der Waals surface area contributed by atoms with Crippen LogP contribution in [0.25, 0.3) is 0 Å². The summed E-state index contributed by atoms with van der Waals surface area (Å²) >= 11 is 0. The lowest BCUT2D eigenvalue weighted by molar-refractivity contribution is 0.780. The van der Waals surface area contributed by atoms with Crippen LogP contribution in [-0.2, 0) is 0 Å². The van der Waals surface area contributed by atoms with Crippen LogP contribution in [0, 0.1) is 0 Å². The molecule has 1 atom stereocenters. The predicted octanol–water partition coefficient (Wildman–Crippen LogP) is 1.45. The molecule has 2 nitrogen and oxygen atoms in total. The SMILES string of the molecule is C[C@H](N)CNc1ccccc1. The molecule has 2 heteroatoms. The first-order chi connectivity index (χ1) is 5.29. The fraction of sp³-hybridized carbons (Fsp3) is 0.333. The van der Waals surface area contributed by atoms with Crippen molar-refractivity contribution in [3.8, 4) is 0 Å². The molecule has 0 bridgehead atoms. The first-order valence-electron chi connectivity index (χ1n) is 3.83. The van der Waals surface area contributed by atoms with Crippen molar-refractivity contribution in [3.63, 3.8) is 0 Å². The van der Waals surface area contributed by atoms with Crippen molar-refractivity contribution in [3.05, 3.63) is 30.3 Å². The highest BCUT2D eigenvalue weighted by atomic mass is 14.9. The Bertz CT molecular complexity index is 194. The van der Waals surface area contributed by atoms with Crippen LogP contribution in [0.4, 0.5) is 5.69 Å². The van der Waals surface area contributed by atoms with Crippen LogP contribution in [0.15, 0.2) is 30.3 Å². The zero-order chi connectivity index (χ0) is 8.10. The largest absolute Gasteiger partial charge is 0.384 e. The summed E-state index contributed by atoms with van der Waals surface area (Å²) in [5, 5.41) is 3.22. The number of nitrogens with two attached hydrogens (primary N) is 1. The van der Waals surface area contributed by atoms with Gasteiger partial charge in [-0.2, -0.15) is 0 Å². The third-order valence-corrected chi connectivity index (χ3v) is 1.40. The van der Waals surface area contributed by atoms with Gasteiger partial charge in [-0.05, 0) is 19.1 Å². The van der Waals surface area contributed by atoms with Crippen molar-refractivity contribution in [2.45, 2.75) is 13.0 Å². The summed E-state index contributed by atoms with van der Waals surface area (Å²) in [5.74, 6) is 0. The van der Waals surface area contributed by atoms with Gasteiger partial charge in [0, 0.05) is 18.3 Å². The number of nitrogens with one attached hydrogen (secondary N) is 1. The fourth-order valence-electron chi connectivity index (χ4n) is 0.835. The van der Waals surface area contributed by atoms with E-state index in [0.717, 1.165) is 12.2 Å². The van der Waals surface area contributed by atoms with Gasteiger partial charge in [-0.15, -0.1) is 0 Å². The first kappa shape index (κ1) is 8.08. The van der Waals surface area contributed by atoms with Crippen LogP contribution in [-0.4, -0.2) is 12.6 Å². The van der Waals surface area contributed by atoms with Crippen molar-refractivity contribution in [1.29, 1.82) is 0 Å². The van der Waals surface area contributed by atoms with Gasteiger partial charge in [-0.3, -0.25) is 0 Å². The summed E-state index contributed by atoms with van der Waals surface area (Å²) in [7, 11) is 0. The van der Waals surface area contributed by atoms with E-state index in [2.05, 4.69) is 5.32 Å². The van der Waals surface area contributed by atoms with Gasteiger partial charge in [0.15, 0.2) is 0 Å². The topological polar surface area (TPSA) is 38.0 Å². The van der Waals surface area contributed by atoms with Gasteiger partial charge in [0.1, 0.15) is 0 Å². The van der Waals surface area contributed by atoms with Crippen molar-refractivity contribution >= 4 is 5.69 Å². The average Bonchev–Trinajstić information content (AvgIpc) is 2.03. The minimum atomic E-state index is 0.204. The number of benzene rings is 1. The molecule has 0 radical (unpaired) electrons. The van der Waals surface area contributed by atoms with Gasteiger partial charge in [0.05, 0.1) is 0 Å². The van der Waals surface area contributed by atoms with Gasteiger partial charge in [0.25, 0.3) is 0 Å². The van der Waals surface area contributed by atoms with E-state index in [1.165, 1.54) is 0 Å². The lowest BCUT2D eigenvalue weighted by Crippen LogP contribution is -2.25. The van der Waals surface area contributed by atoms with E-state index in [1.807, 2.05) is 37.3 Å². The predicted molar refractivity (Wildman–Crippen MR) is 48.6 cm³/mol. The van der Waals surface area contributed by atoms with Crippen molar-refractivity contribution in [1.82, 2.24) is 0 Å². The number of hydrogen-bond acceptors (Lipinski definition) is 2. The van der Waals surface area contributed by atoms with Crippen molar-refractivity contribution in [2.75, 3.05) is 11.9 Å². The van der Waals surface area contributed by atoms with E-state index < -0.39 is 0 Å². The normalized spacial score (nSPS) is 12.5. The molecular weight excluding hydrogens is 136 g/mol. The Balaban J connectivity index is 2.39. The molecule has 0 aliphatic rings. The standard InChI is InChI=1S/C9H14N2/c1-8(10)7-11-9-5-3-2-4-6-9/h2-6,8,11H,7,10H2,1H3/t8-/m0/s1. The Morgan fingerprint density at radius 1 is 1.36 bits per heavy atom. The van der Waals surface area contributed by atoms with Crippen LogP contribution in [0.3, 0.4) is 0 Å². The highest BCUT2D eigenvalue weighted by molar-refractivity contribution is 5.42. The lowest BCUT2D eigenvalue weighted by Gasteiger charge is -2.07. The zero-order valence-corrected chi connectivity index (χ0v) is 6.75. The molecular formula is C9H14N2. The number of rotatable bonds is 3. The molecule has 0 saturated heterocycles. The van der Waals surface area contributed by atoms with Crippen molar-refractivity contribution < 1.29 is 0 Å². The van der Waals surface area contributed by atoms with E-state index >= 15 is 0 Å². The summed E-state index contributed by atoms with van der Waals surface area (Å²) in [5.41, 5.74) is 6.71. The molecule has 0 unspecified atom stereocenters. The van der Waals surface area contributed by atoms with Gasteiger partial charge < -0.3 is 11.1 Å². The maximum Gasteiger partial charge on any atom is 0.0340 e. The Morgan fingerprint density at radius 3 is 2.55 bits per heavy atom. The molecule has 1 rings (SSSR count). The molecule has 3 N–H and O–H groups in total. The minimum Gasteiger partial charge on any atom is -0.384 e. The molecule has 0 heterocycles. The van der Waals surface area contributed by atoms with Crippen LogP contribution in [0.1, 0.15) is 6.92 Å². The second kappa shape index (κ2) is 3.98. The zero-order valence-electron chi connectivity index (χ0n) is 6.75. The summed E-state index contributed by atoms with van der Waals surface area (Å²) < 4.78 is 0. The summed E-state index contributed by atoms with van der Waals surface area (Å²) in [6.45, 7) is 2.81. The highest BCUT2D eigenvalue weighted by Gasteiger charge is 1.92. The van der Waals surface area contributed by atoms with Crippen LogP contribution < -0.4 is 11.1 Å². The maximum absolute atomic E-state index is 5.58.